The highest BCUT2D eigenvalue weighted by Crippen LogP contribution is 2.18. The molecule has 2 aromatic heterocycles. The Balaban J connectivity index is 1.59. The lowest BCUT2D eigenvalue weighted by molar-refractivity contribution is -0.122. The Bertz CT molecular complexity index is 1270. The summed E-state index contributed by atoms with van der Waals surface area (Å²) < 4.78 is 6.54. The number of carbonyl (C=O) groups is 1. The van der Waals surface area contributed by atoms with E-state index in [9.17, 15) is 9.59 Å². The molecule has 0 radical (unpaired) electrons. The van der Waals surface area contributed by atoms with Crippen molar-refractivity contribution in [1.82, 2.24) is 20.1 Å². The minimum absolute atomic E-state index is 0.165. The van der Waals surface area contributed by atoms with Crippen LogP contribution in [0.3, 0.4) is 0 Å². The third-order valence-corrected chi connectivity index (χ3v) is 5.03. The van der Waals surface area contributed by atoms with Crippen LogP contribution in [0.4, 0.5) is 0 Å². The molecule has 4 aromatic rings. The van der Waals surface area contributed by atoms with Crippen molar-refractivity contribution in [3.05, 3.63) is 100 Å². The monoisotopic (exact) mass is 414 g/mol. The molecule has 0 fully saturated rings. The summed E-state index contributed by atoms with van der Waals surface area (Å²) in [5.74, 6) is 0.397. The fraction of sp³-hybridized carbons (Fsp3) is 0.167. The van der Waals surface area contributed by atoms with Gasteiger partial charge in [0.1, 0.15) is 12.3 Å². The minimum Gasteiger partial charge on any atom is -0.496 e. The second-order valence-corrected chi connectivity index (χ2v) is 7.08. The van der Waals surface area contributed by atoms with E-state index in [1.165, 1.54) is 4.68 Å². The minimum atomic E-state index is -0.300. The maximum atomic E-state index is 12.9. The van der Waals surface area contributed by atoms with E-state index in [1.54, 1.807) is 25.6 Å². The predicted octanol–water partition coefficient (Wildman–Crippen LogP) is 2.71. The summed E-state index contributed by atoms with van der Waals surface area (Å²) in [6.07, 6.45) is 3.98. The lowest BCUT2D eigenvalue weighted by Gasteiger charge is -2.12. The molecule has 0 unspecified atom stereocenters. The molecular formula is C24H22N4O3. The van der Waals surface area contributed by atoms with Crippen LogP contribution in [0.15, 0.2) is 77.9 Å². The van der Waals surface area contributed by atoms with Crippen LogP contribution in [-0.2, 0) is 24.3 Å². The summed E-state index contributed by atoms with van der Waals surface area (Å²) in [6, 6.07) is 18.6. The summed E-state index contributed by atoms with van der Waals surface area (Å²) in [7, 11) is 1.59. The molecule has 0 aliphatic heterocycles. The molecule has 0 spiro atoms. The number of rotatable bonds is 7. The average Bonchev–Trinajstić information content (AvgIpc) is 2.81. The van der Waals surface area contributed by atoms with Crippen LogP contribution < -0.4 is 15.6 Å². The third kappa shape index (κ3) is 4.61. The number of methoxy groups -OCH3 is 1. The van der Waals surface area contributed by atoms with Crippen LogP contribution in [0, 0.1) is 0 Å². The summed E-state index contributed by atoms with van der Waals surface area (Å²) in [4.78, 5) is 29.6. The molecule has 0 saturated heterocycles. The molecule has 4 rings (SSSR count). The van der Waals surface area contributed by atoms with Crippen LogP contribution in [0.1, 0.15) is 16.8 Å². The van der Waals surface area contributed by atoms with Crippen LogP contribution in [0.2, 0.25) is 0 Å². The number of nitrogens with zero attached hydrogens (tertiary/aromatic N) is 3. The van der Waals surface area contributed by atoms with Gasteiger partial charge in [-0.1, -0.05) is 36.4 Å². The van der Waals surface area contributed by atoms with Gasteiger partial charge in [0, 0.05) is 36.3 Å². The van der Waals surface area contributed by atoms with Crippen molar-refractivity contribution in [3.8, 4) is 5.75 Å². The molecule has 7 nitrogen and oxygen atoms in total. The van der Waals surface area contributed by atoms with E-state index in [0.29, 0.717) is 24.1 Å². The predicted molar refractivity (Wildman–Crippen MR) is 118 cm³/mol. The Labute approximate surface area is 179 Å². The van der Waals surface area contributed by atoms with Crippen LogP contribution in [0.25, 0.3) is 10.8 Å². The Hall–Kier alpha value is -4.00. The van der Waals surface area contributed by atoms with Gasteiger partial charge < -0.3 is 10.1 Å². The second-order valence-electron chi connectivity index (χ2n) is 7.08. The van der Waals surface area contributed by atoms with E-state index in [-0.39, 0.29) is 18.0 Å². The highest BCUT2D eigenvalue weighted by molar-refractivity contribution is 5.84. The van der Waals surface area contributed by atoms with Gasteiger partial charge in [-0.3, -0.25) is 14.6 Å². The van der Waals surface area contributed by atoms with E-state index < -0.39 is 0 Å². The van der Waals surface area contributed by atoms with Gasteiger partial charge in [-0.2, -0.15) is 5.10 Å². The summed E-state index contributed by atoms with van der Waals surface area (Å²) in [5.41, 5.74) is 2.33. The lowest BCUT2D eigenvalue weighted by Crippen LogP contribution is -2.34. The van der Waals surface area contributed by atoms with Crippen molar-refractivity contribution in [1.29, 1.82) is 0 Å². The molecule has 0 atom stereocenters. The molecule has 2 heterocycles. The topological polar surface area (TPSA) is 86.1 Å². The van der Waals surface area contributed by atoms with Crippen molar-refractivity contribution in [2.24, 2.45) is 0 Å². The Morgan fingerprint density at radius 1 is 1.00 bits per heavy atom. The van der Waals surface area contributed by atoms with Gasteiger partial charge in [0.2, 0.25) is 5.91 Å². The van der Waals surface area contributed by atoms with Gasteiger partial charge in [0.15, 0.2) is 0 Å². The molecule has 7 heteroatoms. The van der Waals surface area contributed by atoms with E-state index >= 15 is 0 Å². The largest absolute Gasteiger partial charge is 0.496 e. The summed E-state index contributed by atoms with van der Waals surface area (Å²) in [6.45, 7) is 0.136. The van der Waals surface area contributed by atoms with E-state index in [0.717, 1.165) is 22.2 Å². The first-order valence-corrected chi connectivity index (χ1v) is 9.92. The van der Waals surface area contributed by atoms with Crippen molar-refractivity contribution >= 4 is 16.7 Å². The highest BCUT2D eigenvalue weighted by Gasteiger charge is 2.14. The van der Waals surface area contributed by atoms with Gasteiger partial charge in [-0.15, -0.1) is 0 Å². The zero-order chi connectivity index (χ0) is 21.6. The zero-order valence-corrected chi connectivity index (χ0v) is 17.1. The van der Waals surface area contributed by atoms with Crippen LogP contribution in [-0.4, -0.2) is 27.8 Å². The maximum Gasteiger partial charge on any atom is 0.275 e. The summed E-state index contributed by atoms with van der Waals surface area (Å²) >= 11 is 0. The molecular weight excluding hydrogens is 392 g/mol. The number of pyridine rings is 1. The normalized spacial score (nSPS) is 10.7. The number of hydrogen-bond donors (Lipinski definition) is 1. The van der Waals surface area contributed by atoms with Gasteiger partial charge in [0.25, 0.3) is 5.56 Å². The number of benzene rings is 2. The molecule has 0 aliphatic rings. The Kier molecular flexibility index (Phi) is 6.03. The number of ether oxygens (including phenoxy) is 1. The average molecular weight is 414 g/mol. The number of para-hydroxylation sites is 1. The van der Waals surface area contributed by atoms with E-state index in [2.05, 4.69) is 15.4 Å². The van der Waals surface area contributed by atoms with Crippen molar-refractivity contribution in [2.75, 3.05) is 7.11 Å². The van der Waals surface area contributed by atoms with Crippen molar-refractivity contribution in [2.45, 2.75) is 19.5 Å². The SMILES string of the molecule is COc1ccccc1CNC(=O)Cn1nc(Cc2ccncc2)c2ccccc2c1=O. The Morgan fingerprint density at radius 3 is 2.48 bits per heavy atom. The van der Waals surface area contributed by atoms with Gasteiger partial charge >= 0.3 is 0 Å². The third-order valence-electron chi connectivity index (χ3n) is 5.03. The molecule has 0 bridgehead atoms. The standard InChI is InChI=1S/C24H22N4O3/c1-31-22-9-5-2-6-18(22)15-26-23(29)16-28-24(30)20-8-4-3-7-19(20)21(27-28)14-17-10-12-25-13-11-17/h2-13H,14-16H2,1H3,(H,26,29). The van der Waals surface area contributed by atoms with Gasteiger partial charge in [-0.25, -0.2) is 4.68 Å². The van der Waals surface area contributed by atoms with Crippen LogP contribution in [0.5, 0.6) is 5.75 Å². The van der Waals surface area contributed by atoms with E-state index in [4.69, 9.17) is 4.74 Å². The summed E-state index contributed by atoms with van der Waals surface area (Å²) in [5, 5.41) is 8.69. The molecule has 0 saturated carbocycles. The molecule has 1 N–H and O–H groups in total. The van der Waals surface area contributed by atoms with Crippen molar-refractivity contribution in [3.63, 3.8) is 0 Å². The van der Waals surface area contributed by atoms with Gasteiger partial charge in [-0.05, 0) is 29.8 Å². The maximum absolute atomic E-state index is 12.9. The lowest BCUT2D eigenvalue weighted by atomic mass is 10.1. The first kappa shape index (κ1) is 20.3. The fourth-order valence-electron chi connectivity index (χ4n) is 3.47. The molecule has 156 valence electrons. The number of nitrogens with one attached hydrogen (secondary N) is 1. The molecule has 31 heavy (non-hydrogen) atoms. The second kappa shape index (κ2) is 9.21. The molecule has 0 aliphatic carbocycles. The number of amides is 1. The van der Waals surface area contributed by atoms with E-state index in [1.807, 2.05) is 54.6 Å². The zero-order valence-electron chi connectivity index (χ0n) is 17.1. The number of aromatic nitrogens is 3. The van der Waals surface area contributed by atoms with Crippen molar-refractivity contribution < 1.29 is 9.53 Å². The number of hydrogen-bond acceptors (Lipinski definition) is 5. The fourth-order valence-corrected chi connectivity index (χ4v) is 3.47. The van der Waals surface area contributed by atoms with Gasteiger partial charge in [0.05, 0.1) is 18.2 Å². The quantitative estimate of drug-likeness (QED) is 0.503. The number of fused-ring (bicyclic) bond motifs is 1. The Morgan fingerprint density at radius 2 is 1.71 bits per heavy atom. The molecule has 2 aromatic carbocycles. The smallest absolute Gasteiger partial charge is 0.275 e. The first-order chi connectivity index (χ1) is 15.2. The molecule has 1 amide bonds. The highest BCUT2D eigenvalue weighted by atomic mass is 16.5. The first-order valence-electron chi connectivity index (χ1n) is 9.92. The number of carbonyl (C=O) groups excluding carboxylic acids is 1. The van der Waals surface area contributed by atoms with Crippen LogP contribution >= 0.6 is 0 Å².